The average molecular weight is 330 g/mol. The Morgan fingerprint density at radius 2 is 2.00 bits per heavy atom. The van der Waals surface area contributed by atoms with Crippen LogP contribution in [-0.4, -0.2) is 5.78 Å². The van der Waals surface area contributed by atoms with Gasteiger partial charge in [0.1, 0.15) is 0 Å². The third-order valence-electron chi connectivity index (χ3n) is 3.74. The molecule has 2 rings (SSSR count). The van der Waals surface area contributed by atoms with Crippen molar-refractivity contribution < 1.29 is 4.79 Å². The third kappa shape index (κ3) is 3.83. The quantitative estimate of drug-likeness (QED) is 0.653. The Labute approximate surface area is 122 Å². The Hall–Kier alpha value is -0.340. The largest absolute Gasteiger partial charge is 0.294 e. The Morgan fingerprint density at radius 1 is 1.28 bits per heavy atom. The predicted molar refractivity (Wildman–Crippen MR) is 79.3 cm³/mol. The number of carbonyl (C=O) groups excluding carboxylic acids is 1. The molecule has 1 nitrogen and oxygen atoms in total. The Morgan fingerprint density at radius 3 is 2.67 bits per heavy atom. The molecule has 0 aromatic heterocycles. The third-order valence-corrected chi connectivity index (χ3v) is 4.54. The number of halogens is 2. The molecule has 0 unspecified atom stereocenters. The molecule has 1 saturated carbocycles. The molecule has 98 valence electrons. The molecule has 1 fully saturated rings. The highest BCUT2D eigenvalue weighted by atomic mass is 79.9. The molecule has 0 heterocycles. The van der Waals surface area contributed by atoms with Crippen molar-refractivity contribution in [1.29, 1.82) is 0 Å². The van der Waals surface area contributed by atoms with Gasteiger partial charge < -0.3 is 0 Å². The molecule has 3 heteroatoms. The highest BCUT2D eigenvalue weighted by Crippen LogP contribution is 2.29. The first kappa shape index (κ1) is 14.1. The molecule has 0 atom stereocenters. The van der Waals surface area contributed by atoms with Crippen LogP contribution in [0.3, 0.4) is 0 Å². The monoisotopic (exact) mass is 328 g/mol. The van der Waals surface area contributed by atoms with E-state index in [-0.39, 0.29) is 5.78 Å². The second-order valence-electron chi connectivity index (χ2n) is 5.09. The number of Topliss-reactive ketones (excluding diaryl/α,β-unsaturated/α-hetero) is 1. The molecule has 1 aliphatic carbocycles. The van der Waals surface area contributed by atoms with Gasteiger partial charge in [-0.1, -0.05) is 59.6 Å². The Kier molecular flexibility index (Phi) is 5.25. The summed E-state index contributed by atoms with van der Waals surface area (Å²) in [7, 11) is 0. The first-order valence-electron chi connectivity index (χ1n) is 6.65. The molecule has 0 bridgehead atoms. The van der Waals surface area contributed by atoms with E-state index in [0.717, 1.165) is 16.8 Å². The Bertz CT molecular complexity index is 425. The summed E-state index contributed by atoms with van der Waals surface area (Å²) in [6, 6.07) is 5.48. The maximum absolute atomic E-state index is 12.1. The van der Waals surface area contributed by atoms with E-state index in [4.69, 9.17) is 11.6 Å². The van der Waals surface area contributed by atoms with Crippen molar-refractivity contribution in [3.05, 3.63) is 33.3 Å². The van der Waals surface area contributed by atoms with Crippen molar-refractivity contribution in [1.82, 2.24) is 0 Å². The molecule has 0 N–H and O–H groups in total. The number of benzene rings is 1. The van der Waals surface area contributed by atoms with Crippen LogP contribution >= 0.6 is 27.5 Å². The zero-order valence-corrected chi connectivity index (χ0v) is 12.8. The van der Waals surface area contributed by atoms with Crippen molar-refractivity contribution in [2.45, 2.75) is 44.9 Å². The van der Waals surface area contributed by atoms with Gasteiger partial charge in [0.15, 0.2) is 5.78 Å². The van der Waals surface area contributed by atoms with Gasteiger partial charge in [0, 0.05) is 16.5 Å². The molecule has 0 saturated heterocycles. The van der Waals surface area contributed by atoms with Crippen LogP contribution in [0.5, 0.6) is 0 Å². The maximum atomic E-state index is 12.1. The minimum Gasteiger partial charge on any atom is -0.294 e. The summed E-state index contributed by atoms with van der Waals surface area (Å²) in [6.45, 7) is 0. The van der Waals surface area contributed by atoms with E-state index in [1.807, 2.05) is 12.1 Å². The summed E-state index contributed by atoms with van der Waals surface area (Å²) in [5.74, 6) is 0.926. The summed E-state index contributed by atoms with van der Waals surface area (Å²) in [5, 5.41) is 0.554. The van der Waals surface area contributed by atoms with Crippen LogP contribution in [0.4, 0.5) is 0 Å². The average Bonchev–Trinajstić information content (AvgIpc) is 2.37. The van der Waals surface area contributed by atoms with E-state index in [9.17, 15) is 4.79 Å². The van der Waals surface area contributed by atoms with E-state index in [1.54, 1.807) is 6.07 Å². The summed E-state index contributed by atoms with van der Waals surface area (Å²) < 4.78 is 0.913. The second-order valence-corrected chi connectivity index (χ2v) is 6.41. The molecular formula is C15H18BrClO. The van der Waals surface area contributed by atoms with Gasteiger partial charge in [0.05, 0.1) is 5.02 Å². The molecule has 0 aliphatic heterocycles. The van der Waals surface area contributed by atoms with E-state index in [0.29, 0.717) is 17.0 Å². The second kappa shape index (κ2) is 6.72. The van der Waals surface area contributed by atoms with Crippen molar-refractivity contribution in [3.63, 3.8) is 0 Å². The lowest BCUT2D eigenvalue weighted by atomic mass is 9.85. The van der Waals surface area contributed by atoms with Gasteiger partial charge in [-0.15, -0.1) is 0 Å². The standard InChI is InChI=1S/C15H18BrClO/c16-12-7-8-13(14(17)10-12)15(18)9-6-11-4-2-1-3-5-11/h7-8,10-11H,1-6,9H2. The van der Waals surface area contributed by atoms with Crippen molar-refractivity contribution in [2.75, 3.05) is 0 Å². The number of hydrogen-bond donors (Lipinski definition) is 0. The highest BCUT2D eigenvalue weighted by molar-refractivity contribution is 9.10. The highest BCUT2D eigenvalue weighted by Gasteiger charge is 2.16. The molecule has 1 aromatic rings. The molecule has 0 radical (unpaired) electrons. The molecule has 0 spiro atoms. The fourth-order valence-electron chi connectivity index (χ4n) is 2.66. The van der Waals surface area contributed by atoms with Crippen LogP contribution < -0.4 is 0 Å². The fourth-order valence-corrected chi connectivity index (χ4v) is 3.44. The van der Waals surface area contributed by atoms with E-state index < -0.39 is 0 Å². The zero-order valence-electron chi connectivity index (χ0n) is 10.4. The van der Waals surface area contributed by atoms with Gasteiger partial charge in [-0.2, -0.15) is 0 Å². The minimum atomic E-state index is 0.179. The Balaban J connectivity index is 1.90. The summed E-state index contributed by atoms with van der Waals surface area (Å²) >= 11 is 9.45. The van der Waals surface area contributed by atoms with Crippen molar-refractivity contribution in [3.8, 4) is 0 Å². The van der Waals surface area contributed by atoms with Crippen LogP contribution in [0.25, 0.3) is 0 Å². The lowest BCUT2D eigenvalue weighted by Crippen LogP contribution is -2.09. The lowest BCUT2D eigenvalue weighted by Gasteiger charge is -2.21. The fraction of sp³-hybridized carbons (Fsp3) is 0.533. The van der Waals surface area contributed by atoms with Gasteiger partial charge in [-0.25, -0.2) is 0 Å². The van der Waals surface area contributed by atoms with E-state index in [2.05, 4.69) is 15.9 Å². The molecule has 18 heavy (non-hydrogen) atoms. The number of carbonyl (C=O) groups is 1. The normalized spacial score (nSPS) is 16.8. The zero-order chi connectivity index (χ0) is 13.0. The number of rotatable bonds is 4. The van der Waals surface area contributed by atoms with Crippen LogP contribution in [-0.2, 0) is 0 Å². The number of hydrogen-bond acceptors (Lipinski definition) is 1. The van der Waals surface area contributed by atoms with Gasteiger partial charge in [0.2, 0.25) is 0 Å². The first-order chi connectivity index (χ1) is 8.66. The van der Waals surface area contributed by atoms with Gasteiger partial charge in [-0.05, 0) is 30.5 Å². The van der Waals surface area contributed by atoms with Crippen LogP contribution in [0.1, 0.15) is 55.3 Å². The molecule has 1 aliphatic rings. The summed E-state index contributed by atoms with van der Waals surface area (Å²) in [4.78, 5) is 12.1. The first-order valence-corrected chi connectivity index (χ1v) is 7.82. The number of ketones is 1. The smallest absolute Gasteiger partial charge is 0.164 e. The van der Waals surface area contributed by atoms with Gasteiger partial charge in [0.25, 0.3) is 0 Å². The predicted octanol–water partition coefficient (Wildman–Crippen LogP) is 5.65. The topological polar surface area (TPSA) is 17.1 Å². The van der Waals surface area contributed by atoms with Crippen LogP contribution in [0.15, 0.2) is 22.7 Å². The van der Waals surface area contributed by atoms with Crippen molar-refractivity contribution in [2.24, 2.45) is 5.92 Å². The summed E-state index contributed by atoms with van der Waals surface area (Å²) in [5.41, 5.74) is 0.663. The minimum absolute atomic E-state index is 0.179. The van der Waals surface area contributed by atoms with Gasteiger partial charge in [-0.3, -0.25) is 4.79 Å². The molecule has 1 aromatic carbocycles. The van der Waals surface area contributed by atoms with Crippen LogP contribution in [0.2, 0.25) is 5.02 Å². The molecular weight excluding hydrogens is 312 g/mol. The molecule has 0 amide bonds. The van der Waals surface area contributed by atoms with Gasteiger partial charge >= 0.3 is 0 Å². The van der Waals surface area contributed by atoms with E-state index >= 15 is 0 Å². The van der Waals surface area contributed by atoms with E-state index in [1.165, 1.54) is 32.1 Å². The van der Waals surface area contributed by atoms with Crippen molar-refractivity contribution >= 4 is 33.3 Å². The SMILES string of the molecule is O=C(CCC1CCCCC1)c1ccc(Br)cc1Cl. The summed E-state index contributed by atoms with van der Waals surface area (Å²) in [6.07, 6.45) is 8.26. The van der Waals surface area contributed by atoms with Crippen LogP contribution in [0, 0.1) is 5.92 Å². The lowest BCUT2D eigenvalue weighted by molar-refractivity contribution is 0.0970. The maximum Gasteiger partial charge on any atom is 0.164 e.